The van der Waals surface area contributed by atoms with E-state index >= 15 is 0 Å². The van der Waals surface area contributed by atoms with Gasteiger partial charge in [0.05, 0.1) is 10.6 Å². The second kappa shape index (κ2) is 10.5. The zero-order valence-corrected chi connectivity index (χ0v) is 22.3. The largest absolute Gasteiger partial charge is 0.325 e. The number of hydrogen-bond donors (Lipinski definition) is 1. The quantitative estimate of drug-likeness (QED) is 0.331. The predicted octanol–water partition coefficient (Wildman–Crippen LogP) is 5.25. The number of thiophene rings is 1. The van der Waals surface area contributed by atoms with E-state index in [0.717, 1.165) is 53.8 Å². The van der Waals surface area contributed by atoms with Crippen molar-refractivity contribution in [1.29, 1.82) is 0 Å². The van der Waals surface area contributed by atoms with E-state index in [1.54, 1.807) is 46.2 Å². The molecule has 7 nitrogen and oxygen atoms in total. The number of aryl methyl sites for hydroxylation is 2. The first kappa shape index (κ1) is 24.7. The van der Waals surface area contributed by atoms with E-state index in [2.05, 4.69) is 15.3 Å². The van der Waals surface area contributed by atoms with Crippen LogP contribution in [0.4, 0.5) is 5.69 Å². The van der Waals surface area contributed by atoms with Gasteiger partial charge in [-0.1, -0.05) is 25.1 Å². The standard InChI is InChI=1S/C25H30N4O3S3/c1-2-18-7-5-6-14-29(18)35(31,32)19-12-10-17(11-13-19)28-22(30)15-33-24-23-20-8-3-4-9-21(20)34-25(23)27-16-26-24/h10-13,16,18H,2-9,14-15H2,1H3,(H,28,30)/t18-/m0/s1. The Morgan fingerprint density at radius 1 is 1.14 bits per heavy atom. The number of benzene rings is 1. The molecule has 3 aromatic rings. The molecule has 5 rings (SSSR count). The van der Waals surface area contributed by atoms with Crippen LogP contribution >= 0.6 is 23.1 Å². The van der Waals surface area contributed by atoms with Crippen molar-refractivity contribution >= 4 is 54.9 Å². The summed E-state index contributed by atoms with van der Waals surface area (Å²) in [6.07, 6.45) is 9.83. The number of carbonyl (C=O) groups is 1. The minimum absolute atomic E-state index is 0.0623. The molecule has 0 radical (unpaired) electrons. The molecule has 1 saturated heterocycles. The maximum atomic E-state index is 13.2. The Balaban J connectivity index is 1.24. The molecule has 10 heteroatoms. The lowest BCUT2D eigenvalue weighted by Crippen LogP contribution is -2.43. The zero-order chi connectivity index (χ0) is 24.4. The summed E-state index contributed by atoms with van der Waals surface area (Å²) in [6.45, 7) is 2.61. The predicted molar refractivity (Wildman–Crippen MR) is 142 cm³/mol. The van der Waals surface area contributed by atoms with Crippen molar-refractivity contribution in [3.8, 4) is 0 Å². The van der Waals surface area contributed by atoms with Gasteiger partial charge >= 0.3 is 0 Å². The van der Waals surface area contributed by atoms with E-state index in [0.29, 0.717) is 12.2 Å². The molecule has 1 aliphatic carbocycles. The summed E-state index contributed by atoms with van der Waals surface area (Å²) in [5, 5.41) is 4.86. The summed E-state index contributed by atoms with van der Waals surface area (Å²) in [6, 6.07) is 6.57. The fraction of sp³-hybridized carbons (Fsp3) is 0.480. The molecule has 2 aliphatic rings. The highest BCUT2D eigenvalue weighted by Gasteiger charge is 2.32. The molecular formula is C25H30N4O3S3. The van der Waals surface area contributed by atoms with E-state index in [1.165, 1.54) is 35.0 Å². The minimum atomic E-state index is -3.53. The van der Waals surface area contributed by atoms with Crippen molar-refractivity contribution in [1.82, 2.24) is 14.3 Å². The number of thioether (sulfide) groups is 1. The third kappa shape index (κ3) is 5.12. The number of aromatic nitrogens is 2. The number of fused-ring (bicyclic) bond motifs is 3. The third-order valence-corrected chi connectivity index (χ3v) is 11.0. The number of anilines is 1. The highest BCUT2D eigenvalue weighted by molar-refractivity contribution is 8.00. The molecule has 1 fully saturated rings. The second-order valence-corrected chi connectivity index (χ2v) is 13.0. The normalized spacial score (nSPS) is 18.9. The van der Waals surface area contributed by atoms with Crippen LogP contribution in [0.15, 0.2) is 40.5 Å². The van der Waals surface area contributed by atoms with Crippen LogP contribution in [0.5, 0.6) is 0 Å². The van der Waals surface area contributed by atoms with Crippen molar-refractivity contribution in [3.05, 3.63) is 41.0 Å². The van der Waals surface area contributed by atoms with Crippen LogP contribution in [-0.2, 0) is 27.7 Å². The molecule has 1 aromatic carbocycles. The monoisotopic (exact) mass is 530 g/mol. The molecule has 0 spiro atoms. The Hall–Kier alpha value is -2.01. The van der Waals surface area contributed by atoms with Gasteiger partial charge in [-0.2, -0.15) is 4.31 Å². The van der Waals surface area contributed by atoms with Crippen LogP contribution in [0.2, 0.25) is 0 Å². The van der Waals surface area contributed by atoms with Crippen LogP contribution < -0.4 is 5.32 Å². The van der Waals surface area contributed by atoms with E-state index in [1.807, 2.05) is 6.92 Å². The summed E-state index contributed by atoms with van der Waals surface area (Å²) in [7, 11) is -3.53. The topological polar surface area (TPSA) is 92.3 Å². The summed E-state index contributed by atoms with van der Waals surface area (Å²) in [5.74, 6) is 0.0754. The summed E-state index contributed by atoms with van der Waals surface area (Å²) >= 11 is 3.17. The van der Waals surface area contributed by atoms with Gasteiger partial charge in [0.2, 0.25) is 15.9 Å². The van der Waals surface area contributed by atoms with Crippen molar-refractivity contribution < 1.29 is 13.2 Å². The molecule has 1 N–H and O–H groups in total. The number of piperidine rings is 1. The van der Waals surface area contributed by atoms with E-state index in [-0.39, 0.29) is 22.6 Å². The van der Waals surface area contributed by atoms with Crippen LogP contribution in [0, 0.1) is 0 Å². The maximum absolute atomic E-state index is 13.2. The molecule has 2 aromatic heterocycles. The van der Waals surface area contributed by atoms with Gasteiger partial charge in [0.1, 0.15) is 16.2 Å². The molecule has 1 aliphatic heterocycles. The molecule has 1 amide bonds. The van der Waals surface area contributed by atoms with Gasteiger partial charge in [-0.05, 0) is 74.8 Å². The van der Waals surface area contributed by atoms with Gasteiger partial charge in [0.25, 0.3) is 0 Å². The number of hydrogen-bond acceptors (Lipinski definition) is 7. The molecule has 3 heterocycles. The van der Waals surface area contributed by atoms with Crippen LogP contribution in [-0.4, -0.2) is 46.9 Å². The minimum Gasteiger partial charge on any atom is -0.325 e. The van der Waals surface area contributed by atoms with Crippen LogP contribution in [0.1, 0.15) is 55.9 Å². The zero-order valence-electron chi connectivity index (χ0n) is 19.8. The Kier molecular flexibility index (Phi) is 7.43. The number of nitrogens with one attached hydrogen (secondary N) is 1. The lowest BCUT2D eigenvalue weighted by atomic mass is 9.97. The summed E-state index contributed by atoms with van der Waals surface area (Å²) in [5.41, 5.74) is 1.94. The van der Waals surface area contributed by atoms with Gasteiger partial charge in [0.15, 0.2) is 0 Å². The Labute approximate surface area is 214 Å². The molecule has 0 bridgehead atoms. The first-order chi connectivity index (χ1) is 17.0. The molecule has 0 unspecified atom stereocenters. The molecule has 186 valence electrons. The number of amides is 1. The van der Waals surface area contributed by atoms with E-state index < -0.39 is 10.0 Å². The van der Waals surface area contributed by atoms with Gasteiger partial charge < -0.3 is 5.32 Å². The highest BCUT2D eigenvalue weighted by Crippen LogP contribution is 2.39. The average Bonchev–Trinajstić information content (AvgIpc) is 3.27. The highest BCUT2D eigenvalue weighted by atomic mass is 32.2. The number of sulfonamides is 1. The van der Waals surface area contributed by atoms with Crippen LogP contribution in [0.3, 0.4) is 0 Å². The van der Waals surface area contributed by atoms with Gasteiger partial charge in [-0.15, -0.1) is 11.3 Å². The van der Waals surface area contributed by atoms with Crippen molar-refractivity contribution in [2.24, 2.45) is 0 Å². The second-order valence-electron chi connectivity index (χ2n) is 9.10. The third-order valence-electron chi connectivity index (χ3n) is 6.85. The van der Waals surface area contributed by atoms with Crippen molar-refractivity contribution in [3.63, 3.8) is 0 Å². The van der Waals surface area contributed by atoms with Gasteiger partial charge in [-0.3, -0.25) is 4.79 Å². The van der Waals surface area contributed by atoms with Gasteiger partial charge in [-0.25, -0.2) is 18.4 Å². The maximum Gasteiger partial charge on any atom is 0.243 e. The van der Waals surface area contributed by atoms with Crippen molar-refractivity contribution in [2.75, 3.05) is 17.6 Å². The summed E-state index contributed by atoms with van der Waals surface area (Å²) in [4.78, 5) is 24.3. The molecular weight excluding hydrogens is 501 g/mol. The first-order valence-corrected chi connectivity index (χ1v) is 15.5. The SMILES string of the molecule is CC[C@H]1CCCCN1S(=O)(=O)c1ccc(NC(=O)CSc2ncnc3sc4c(c23)CCCC4)cc1. The molecule has 1 atom stereocenters. The fourth-order valence-corrected chi connectivity index (χ4v) is 8.93. The lowest BCUT2D eigenvalue weighted by Gasteiger charge is -2.34. The van der Waals surface area contributed by atoms with Gasteiger partial charge in [0, 0.05) is 28.5 Å². The van der Waals surface area contributed by atoms with Crippen molar-refractivity contribution in [2.45, 2.75) is 74.3 Å². The van der Waals surface area contributed by atoms with E-state index in [4.69, 9.17) is 0 Å². The number of rotatable bonds is 7. The average molecular weight is 531 g/mol. The Bertz CT molecular complexity index is 1320. The lowest BCUT2D eigenvalue weighted by molar-refractivity contribution is -0.113. The fourth-order valence-electron chi connectivity index (χ4n) is 5.05. The number of nitrogens with zero attached hydrogens (tertiary/aromatic N) is 3. The molecule has 35 heavy (non-hydrogen) atoms. The number of carbonyl (C=O) groups excluding carboxylic acids is 1. The first-order valence-electron chi connectivity index (χ1n) is 12.3. The summed E-state index contributed by atoms with van der Waals surface area (Å²) < 4.78 is 28.0. The van der Waals surface area contributed by atoms with E-state index in [9.17, 15) is 13.2 Å². The van der Waals surface area contributed by atoms with Crippen LogP contribution in [0.25, 0.3) is 10.2 Å². The molecule has 0 saturated carbocycles. The Morgan fingerprint density at radius 3 is 2.74 bits per heavy atom. The Morgan fingerprint density at radius 2 is 1.94 bits per heavy atom. The smallest absolute Gasteiger partial charge is 0.243 e.